The van der Waals surface area contributed by atoms with Gasteiger partial charge in [-0.3, -0.25) is 4.79 Å². The molecule has 0 spiro atoms. The predicted molar refractivity (Wildman–Crippen MR) is 30.1 cm³/mol. The van der Waals surface area contributed by atoms with Gasteiger partial charge in [-0.2, -0.15) is 0 Å². The molecular weight excluding hydrogens is 128 g/mol. The molecule has 1 aliphatic heterocycles. The smallest absolute Gasteiger partial charge is 0.244 e. The van der Waals surface area contributed by atoms with Crippen LogP contribution in [0.15, 0.2) is 11.4 Å². The van der Waals surface area contributed by atoms with E-state index in [0.29, 0.717) is 11.7 Å². The fourth-order valence-electron chi connectivity index (χ4n) is 0.447. The highest BCUT2D eigenvalue weighted by Crippen LogP contribution is 1.95. The molecule has 0 aromatic rings. The van der Waals surface area contributed by atoms with Crippen molar-refractivity contribution < 1.29 is 4.79 Å². The van der Waals surface area contributed by atoms with E-state index in [1.165, 1.54) is 0 Å². The third kappa shape index (κ3) is 1.13. The standard InChI is InChI=1S/C4H5ClN2O/c5-3-1-6-2-4(8)7-3/h1,6H,2H2,(H,7,8). The first-order chi connectivity index (χ1) is 3.79. The summed E-state index contributed by atoms with van der Waals surface area (Å²) in [6.45, 7) is 0.316. The maximum atomic E-state index is 10.4. The molecule has 0 aromatic carbocycles. The van der Waals surface area contributed by atoms with Crippen LogP contribution in [0.2, 0.25) is 0 Å². The number of hydrogen-bond acceptors (Lipinski definition) is 2. The number of amides is 1. The number of carbonyl (C=O) groups is 1. The van der Waals surface area contributed by atoms with Crippen molar-refractivity contribution >= 4 is 17.5 Å². The molecule has 0 unspecified atom stereocenters. The third-order valence-electron chi connectivity index (χ3n) is 0.750. The summed E-state index contributed by atoms with van der Waals surface area (Å²) in [4.78, 5) is 10.4. The Kier molecular flexibility index (Phi) is 1.39. The summed E-state index contributed by atoms with van der Waals surface area (Å²) < 4.78 is 0. The molecule has 0 aliphatic carbocycles. The lowest BCUT2D eigenvalue weighted by Crippen LogP contribution is -2.35. The molecule has 0 saturated heterocycles. The van der Waals surface area contributed by atoms with Crippen molar-refractivity contribution in [1.82, 2.24) is 10.6 Å². The molecule has 0 radical (unpaired) electrons. The molecule has 0 atom stereocenters. The lowest BCUT2D eigenvalue weighted by molar-refractivity contribution is -0.119. The second kappa shape index (κ2) is 2.05. The van der Waals surface area contributed by atoms with Gasteiger partial charge >= 0.3 is 0 Å². The SMILES string of the molecule is O=C1CNC=C(Cl)N1. The molecule has 1 aliphatic rings. The number of hydrogen-bond donors (Lipinski definition) is 2. The van der Waals surface area contributed by atoms with Crippen LogP contribution in [0.4, 0.5) is 0 Å². The van der Waals surface area contributed by atoms with Crippen LogP contribution in [0.3, 0.4) is 0 Å². The van der Waals surface area contributed by atoms with Gasteiger partial charge in [-0.05, 0) is 0 Å². The molecule has 4 heteroatoms. The maximum Gasteiger partial charge on any atom is 0.244 e. The molecule has 0 fully saturated rings. The fourth-order valence-corrected chi connectivity index (χ4v) is 0.629. The first-order valence-electron chi connectivity index (χ1n) is 2.18. The van der Waals surface area contributed by atoms with Crippen molar-refractivity contribution in [2.24, 2.45) is 0 Å². The Bertz CT molecular complexity index is 143. The first-order valence-corrected chi connectivity index (χ1v) is 2.56. The fraction of sp³-hybridized carbons (Fsp3) is 0.250. The van der Waals surface area contributed by atoms with Gasteiger partial charge in [0.05, 0.1) is 6.54 Å². The van der Waals surface area contributed by atoms with E-state index >= 15 is 0 Å². The van der Waals surface area contributed by atoms with Crippen LogP contribution >= 0.6 is 11.6 Å². The van der Waals surface area contributed by atoms with Crippen LogP contribution in [0.25, 0.3) is 0 Å². The number of carbonyl (C=O) groups excluding carboxylic acids is 1. The van der Waals surface area contributed by atoms with Gasteiger partial charge in [-0.1, -0.05) is 11.6 Å². The van der Waals surface area contributed by atoms with Crippen LogP contribution in [0.1, 0.15) is 0 Å². The lowest BCUT2D eigenvalue weighted by atomic mass is 10.5. The van der Waals surface area contributed by atoms with E-state index in [1.54, 1.807) is 6.20 Å². The molecular formula is C4H5ClN2O. The van der Waals surface area contributed by atoms with E-state index in [9.17, 15) is 4.79 Å². The number of rotatable bonds is 0. The normalized spacial score (nSPS) is 18.6. The summed E-state index contributed by atoms with van der Waals surface area (Å²) in [5, 5.41) is 5.43. The van der Waals surface area contributed by atoms with Crippen LogP contribution in [0.5, 0.6) is 0 Å². The Labute approximate surface area is 51.7 Å². The predicted octanol–water partition coefficient (Wildman–Crippen LogP) is -0.256. The van der Waals surface area contributed by atoms with Crippen molar-refractivity contribution in [3.05, 3.63) is 11.4 Å². The van der Waals surface area contributed by atoms with Gasteiger partial charge in [-0.15, -0.1) is 0 Å². The van der Waals surface area contributed by atoms with Crippen molar-refractivity contribution in [1.29, 1.82) is 0 Å². The largest absolute Gasteiger partial charge is 0.380 e. The zero-order valence-electron chi connectivity index (χ0n) is 4.07. The van der Waals surface area contributed by atoms with Gasteiger partial charge in [0.2, 0.25) is 5.91 Å². The first kappa shape index (κ1) is 5.44. The van der Waals surface area contributed by atoms with E-state index in [4.69, 9.17) is 11.6 Å². The van der Waals surface area contributed by atoms with Crippen LogP contribution < -0.4 is 10.6 Å². The zero-order valence-corrected chi connectivity index (χ0v) is 4.83. The monoisotopic (exact) mass is 132 g/mol. The molecule has 1 amide bonds. The van der Waals surface area contributed by atoms with E-state index in [1.807, 2.05) is 0 Å². The van der Waals surface area contributed by atoms with Crippen LogP contribution in [0, 0.1) is 0 Å². The van der Waals surface area contributed by atoms with Crippen molar-refractivity contribution in [3.8, 4) is 0 Å². The van der Waals surface area contributed by atoms with Gasteiger partial charge in [0.1, 0.15) is 5.16 Å². The maximum absolute atomic E-state index is 10.4. The van der Waals surface area contributed by atoms with Gasteiger partial charge in [0.25, 0.3) is 0 Å². The molecule has 1 rings (SSSR count). The summed E-state index contributed by atoms with van der Waals surface area (Å²) in [5.41, 5.74) is 0. The lowest BCUT2D eigenvalue weighted by Gasteiger charge is -2.08. The Morgan fingerprint density at radius 2 is 2.50 bits per heavy atom. The highest BCUT2D eigenvalue weighted by atomic mass is 35.5. The highest BCUT2D eigenvalue weighted by molar-refractivity contribution is 6.30. The highest BCUT2D eigenvalue weighted by Gasteiger charge is 2.04. The Morgan fingerprint density at radius 3 is 2.88 bits per heavy atom. The minimum Gasteiger partial charge on any atom is -0.380 e. The molecule has 44 valence electrons. The Morgan fingerprint density at radius 1 is 1.75 bits per heavy atom. The van der Waals surface area contributed by atoms with Crippen molar-refractivity contribution in [3.63, 3.8) is 0 Å². The molecule has 1 heterocycles. The Balaban J connectivity index is 2.57. The van der Waals surface area contributed by atoms with E-state index in [2.05, 4.69) is 10.6 Å². The minimum absolute atomic E-state index is 0.0995. The van der Waals surface area contributed by atoms with E-state index in [-0.39, 0.29) is 5.91 Å². The summed E-state index contributed by atoms with van der Waals surface area (Å²) in [6, 6.07) is 0. The second-order valence-corrected chi connectivity index (χ2v) is 1.83. The quantitative estimate of drug-likeness (QED) is 0.446. The van der Waals surface area contributed by atoms with Crippen molar-refractivity contribution in [2.75, 3.05) is 6.54 Å². The molecule has 0 saturated carbocycles. The summed E-state index contributed by atoms with van der Waals surface area (Å²) >= 11 is 5.38. The van der Waals surface area contributed by atoms with Crippen LogP contribution in [-0.4, -0.2) is 12.5 Å². The van der Waals surface area contributed by atoms with Gasteiger partial charge in [0.15, 0.2) is 0 Å². The zero-order chi connectivity index (χ0) is 5.98. The van der Waals surface area contributed by atoms with Crippen molar-refractivity contribution in [2.45, 2.75) is 0 Å². The average Bonchev–Trinajstić information content (AvgIpc) is 1.64. The number of nitrogens with one attached hydrogen (secondary N) is 2. The number of halogens is 1. The average molecular weight is 133 g/mol. The van der Waals surface area contributed by atoms with Gasteiger partial charge < -0.3 is 10.6 Å². The van der Waals surface area contributed by atoms with E-state index in [0.717, 1.165) is 0 Å². The minimum atomic E-state index is -0.0995. The topological polar surface area (TPSA) is 41.1 Å². The van der Waals surface area contributed by atoms with Gasteiger partial charge in [0, 0.05) is 6.20 Å². The Hall–Kier alpha value is -0.700. The molecule has 3 nitrogen and oxygen atoms in total. The molecule has 8 heavy (non-hydrogen) atoms. The van der Waals surface area contributed by atoms with E-state index < -0.39 is 0 Å². The third-order valence-corrected chi connectivity index (χ3v) is 0.954. The molecule has 0 bridgehead atoms. The van der Waals surface area contributed by atoms with Crippen LogP contribution in [-0.2, 0) is 4.79 Å². The summed E-state index contributed by atoms with van der Waals surface area (Å²) in [5.74, 6) is -0.0995. The second-order valence-electron chi connectivity index (χ2n) is 1.42. The molecule has 0 aromatic heterocycles. The summed E-state index contributed by atoms with van der Waals surface area (Å²) in [6.07, 6.45) is 1.54. The van der Waals surface area contributed by atoms with Gasteiger partial charge in [-0.25, -0.2) is 0 Å². The molecule has 2 N–H and O–H groups in total. The summed E-state index contributed by atoms with van der Waals surface area (Å²) in [7, 11) is 0.